The SMILES string of the molecule is Cc1cccc(OC2CCN(C(=O)c3ccc(Cn4ccnc4)cc3)C2)n1. The smallest absolute Gasteiger partial charge is 0.253 e. The first-order chi connectivity index (χ1) is 13.2. The predicted molar refractivity (Wildman–Crippen MR) is 102 cm³/mol. The summed E-state index contributed by atoms with van der Waals surface area (Å²) < 4.78 is 7.94. The molecule has 1 aliphatic heterocycles. The van der Waals surface area contributed by atoms with E-state index in [0.717, 1.165) is 24.2 Å². The Morgan fingerprint density at radius 2 is 2.07 bits per heavy atom. The standard InChI is InChI=1S/C21H22N4O2/c1-16-3-2-4-20(23-16)27-19-9-11-25(14-19)21(26)18-7-5-17(6-8-18)13-24-12-10-22-15-24/h2-8,10,12,15,19H,9,11,13-14H2,1H3. The topological polar surface area (TPSA) is 60.2 Å². The van der Waals surface area contributed by atoms with Crippen LogP contribution in [0.25, 0.3) is 0 Å². The number of imidazole rings is 1. The fourth-order valence-corrected chi connectivity index (χ4v) is 3.29. The Bertz CT molecular complexity index is 906. The largest absolute Gasteiger partial charge is 0.472 e. The number of nitrogens with zero attached hydrogens (tertiary/aromatic N) is 4. The molecule has 4 rings (SSSR count). The molecular weight excluding hydrogens is 340 g/mol. The minimum atomic E-state index is -0.0104. The molecular formula is C21H22N4O2. The van der Waals surface area contributed by atoms with Crippen LogP contribution in [0.3, 0.4) is 0 Å². The molecule has 1 aromatic carbocycles. The van der Waals surface area contributed by atoms with Gasteiger partial charge in [-0.2, -0.15) is 0 Å². The summed E-state index contributed by atoms with van der Waals surface area (Å²) in [7, 11) is 0. The minimum Gasteiger partial charge on any atom is -0.472 e. The predicted octanol–water partition coefficient (Wildman–Crippen LogP) is 2.93. The van der Waals surface area contributed by atoms with Gasteiger partial charge in [0.1, 0.15) is 6.10 Å². The number of carbonyl (C=O) groups excluding carboxylic acids is 1. The quantitative estimate of drug-likeness (QED) is 0.700. The molecule has 0 spiro atoms. The average Bonchev–Trinajstić information content (AvgIpc) is 3.34. The zero-order valence-corrected chi connectivity index (χ0v) is 15.3. The molecule has 3 aromatic rings. The Morgan fingerprint density at radius 1 is 1.22 bits per heavy atom. The molecule has 1 atom stereocenters. The van der Waals surface area contributed by atoms with Crippen LogP contribution < -0.4 is 4.74 Å². The van der Waals surface area contributed by atoms with E-state index in [0.29, 0.717) is 24.5 Å². The van der Waals surface area contributed by atoms with E-state index < -0.39 is 0 Å². The third-order valence-corrected chi connectivity index (χ3v) is 4.71. The van der Waals surface area contributed by atoms with Crippen LogP contribution in [-0.4, -0.2) is 44.5 Å². The second kappa shape index (κ2) is 7.61. The lowest BCUT2D eigenvalue weighted by Crippen LogP contribution is -2.31. The van der Waals surface area contributed by atoms with Crippen LogP contribution in [0, 0.1) is 6.92 Å². The third-order valence-electron chi connectivity index (χ3n) is 4.71. The maximum atomic E-state index is 12.8. The number of hydrogen-bond acceptors (Lipinski definition) is 4. The maximum absolute atomic E-state index is 12.8. The first-order valence-electron chi connectivity index (χ1n) is 9.12. The summed E-state index contributed by atoms with van der Waals surface area (Å²) in [5.41, 5.74) is 2.77. The van der Waals surface area contributed by atoms with Gasteiger partial charge in [0.15, 0.2) is 0 Å². The van der Waals surface area contributed by atoms with Crippen molar-refractivity contribution in [2.45, 2.75) is 26.0 Å². The van der Waals surface area contributed by atoms with E-state index in [-0.39, 0.29) is 12.0 Å². The molecule has 1 amide bonds. The van der Waals surface area contributed by atoms with Crippen LogP contribution in [0.5, 0.6) is 5.88 Å². The molecule has 1 fully saturated rings. The van der Waals surface area contributed by atoms with Crippen molar-refractivity contribution in [2.75, 3.05) is 13.1 Å². The summed E-state index contributed by atoms with van der Waals surface area (Å²) in [5.74, 6) is 0.672. The normalized spacial score (nSPS) is 16.5. The zero-order chi connectivity index (χ0) is 18.6. The number of likely N-dealkylation sites (tertiary alicyclic amines) is 1. The second-order valence-electron chi connectivity index (χ2n) is 6.83. The van der Waals surface area contributed by atoms with Crippen molar-refractivity contribution in [1.82, 2.24) is 19.4 Å². The molecule has 1 saturated heterocycles. The summed E-state index contributed by atoms with van der Waals surface area (Å²) in [5, 5.41) is 0. The molecule has 0 aliphatic carbocycles. The average molecular weight is 362 g/mol. The van der Waals surface area contributed by atoms with Gasteiger partial charge in [0.25, 0.3) is 5.91 Å². The van der Waals surface area contributed by atoms with Gasteiger partial charge in [-0.1, -0.05) is 18.2 Å². The van der Waals surface area contributed by atoms with Crippen LogP contribution in [-0.2, 0) is 6.54 Å². The Labute approximate surface area is 158 Å². The third kappa shape index (κ3) is 4.16. The van der Waals surface area contributed by atoms with Gasteiger partial charge < -0.3 is 14.2 Å². The molecule has 0 radical (unpaired) electrons. The van der Waals surface area contributed by atoms with Gasteiger partial charge in [-0.3, -0.25) is 4.79 Å². The lowest BCUT2D eigenvalue weighted by atomic mass is 10.1. The molecule has 3 heterocycles. The van der Waals surface area contributed by atoms with Crippen LogP contribution >= 0.6 is 0 Å². The highest BCUT2D eigenvalue weighted by molar-refractivity contribution is 5.94. The van der Waals surface area contributed by atoms with E-state index in [4.69, 9.17) is 4.74 Å². The molecule has 27 heavy (non-hydrogen) atoms. The van der Waals surface area contributed by atoms with Crippen molar-refractivity contribution in [1.29, 1.82) is 0 Å². The second-order valence-corrected chi connectivity index (χ2v) is 6.83. The van der Waals surface area contributed by atoms with E-state index in [1.807, 2.05) is 65.1 Å². The number of aryl methyl sites for hydroxylation is 1. The monoisotopic (exact) mass is 362 g/mol. The van der Waals surface area contributed by atoms with Gasteiger partial charge >= 0.3 is 0 Å². The van der Waals surface area contributed by atoms with Gasteiger partial charge in [0.2, 0.25) is 5.88 Å². The highest BCUT2D eigenvalue weighted by Gasteiger charge is 2.28. The number of ether oxygens (including phenoxy) is 1. The molecule has 138 valence electrons. The van der Waals surface area contributed by atoms with Crippen molar-refractivity contribution in [3.8, 4) is 5.88 Å². The summed E-state index contributed by atoms with van der Waals surface area (Å²) in [6.45, 7) is 3.97. The molecule has 0 bridgehead atoms. The Balaban J connectivity index is 1.35. The number of hydrogen-bond donors (Lipinski definition) is 0. The first-order valence-corrected chi connectivity index (χ1v) is 9.12. The molecule has 0 N–H and O–H groups in total. The van der Waals surface area contributed by atoms with Crippen LogP contribution in [0.15, 0.2) is 61.2 Å². The lowest BCUT2D eigenvalue weighted by molar-refractivity contribution is 0.0771. The molecule has 6 heteroatoms. The summed E-state index contributed by atoms with van der Waals surface area (Å²) in [6.07, 6.45) is 6.28. The highest BCUT2D eigenvalue weighted by Crippen LogP contribution is 2.19. The lowest BCUT2D eigenvalue weighted by Gasteiger charge is -2.17. The number of amides is 1. The summed E-state index contributed by atoms with van der Waals surface area (Å²) in [4.78, 5) is 23.0. The fourth-order valence-electron chi connectivity index (χ4n) is 3.29. The van der Waals surface area contributed by atoms with E-state index >= 15 is 0 Å². The van der Waals surface area contributed by atoms with Gasteiger partial charge in [-0.25, -0.2) is 9.97 Å². The molecule has 1 unspecified atom stereocenters. The number of aromatic nitrogens is 3. The molecule has 1 aliphatic rings. The van der Waals surface area contributed by atoms with Crippen LogP contribution in [0.4, 0.5) is 0 Å². The zero-order valence-electron chi connectivity index (χ0n) is 15.3. The minimum absolute atomic E-state index is 0.0104. The van der Waals surface area contributed by atoms with Crippen molar-refractivity contribution in [2.24, 2.45) is 0 Å². The Hall–Kier alpha value is -3.15. The molecule has 2 aromatic heterocycles. The number of pyridine rings is 1. The molecule has 0 saturated carbocycles. The number of benzene rings is 1. The van der Waals surface area contributed by atoms with E-state index in [2.05, 4.69) is 9.97 Å². The van der Waals surface area contributed by atoms with Crippen molar-refractivity contribution in [3.63, 3.8) is 0 Å². The maximum Gasteiger partial charge on any atom is 0.253 e. The number of rotatable bonds is 5. The van der Waals surface area contributed by atoms with Crippen LogP contribution in [0.2, 0.25) is 0 Å². The van der Waals surface area contributed by atoms with E-state index in [1.165, 1.54) is 0 Å². The van der Waals surface area contributed by atoms with E-state index in [1.54, 1.807) is 12.5 Å². The molecule has 6 nitrogen and oxygen atoms in total. The number of carbonyl (C=O) groups is 1. The van der Waals surface area contributed by atoms with Crippen LogP contribution in [0.1, 0.15) is 28.0 Å². The first kappa shape index (κ1) is 17.3. The van der Waals surface area contributed by atoms with Gasteiger partial charge in [-0.15, -0.1) is 0 Å². The van der Waals surface area contributed by atoms with Crippen molar-refractivity contribution in [3.05, 3.63) is 78.0 Å². The summed E-state index contributed by atoms with van der Waals surface area (Å²) >= 11 is 0. The van der Waals surface area contributed by atoms with E-state index in [9.17, 15) is 4.79 Å². The van der Waals surface area contributed by atoms with Gasteiger partial charge in [-0.05, 0) is 30.7 Å². The highest BCUT2D eigenvalue weighted by atomic mass is 16.5. The summed E-state index contributed by atoms with van der Waals surface area (Å²) in [6, 6.07) is 13.5. The van der Waals surface area contributed by atoms with Gasteiger partial charge in [0, 0.05) is 49.2 Å². The Morgan fingerprint density at radius 3 is 2.81 bits per heavy atom. The Kier molecular flexibility index (Phi) is 4.87. The van der Waals surface area contributed by atoms with Gasteiger partial charge in [0.05, 0.1) is 12.9 Å². The fraction of sp³-hybridized carbons (Fsp3) is 0.286. The van der Waals surface area contributed by atoms with Crippen molar-refractivity contribution < 1.29 is 9.53 Å². The van der Waals surface area contributed by atoms with Crippen molar-refractivity contribution >= 4 is 5.91 Å².